The number of benzene rings is 1. The lowest BCUT2D eigenvalue weighted by molar-refractivity contribution is -0.130. The number of hydrogen-bond donors (Lipinski definition) is 1. The van der Waals surface area contributed by atoms with Gasteiger partial charge in [-0.1, -0.05) is 24.3 Å². The van der Waals surface area contributed by atoms with Crippen molar-refractivity contribution in [2.75, 3.05) is 20.1 Å². The fourth-order valence-electron chi connectivity index (χ4n) is 2.61. The minimum atomic E-state index is 0. The maximum Gasteiger partial charge on any atom is 0.222 e. The van der Waals surface area contributed by atoms with Gasteiger partial charge < -0.3 is 10.2 Å². The number of halogens is 1. The normalized spacial score (nSPS) is 17.6. The fourth-order valence-corrected chi connectivity index (χ4v) is 2.61. The van der Waals surface area contributed by atoms with Gasteiger partial charge in [0.05, 0.1) is 0 Å². The lowest BCUT2D eigenvalue weighted by atomic mass is 10.0. The van der Waals surface area contributed by atoms with Crippen LogP contribution in [0.25, 0.3) is 0 Å². The van der Waals surface area contributed by atoms with Gasteiger partial charge in [0.25, 0.3) is 0 Å². The van der Waals surface area contributed by atoms with Gasteiger partial charge in [-0.3, -0.25) is 4.79 Å². The molecular formula is C16H25ClN2O. The summed E-state index contributed by atoms with van der Waals surface area (Å²) in [4.78, 5) is 14.0. The highest BCUT2D eigenvalue weighted by Crippen LogP contribution is 2.16. The third-order valence-electron chi connectivity index (χ3n) is 4.02. The molecule has 112 valence electrons. The Morgan fingerprint density at radius 2 is 2.15 bits per heavy atom. The van der Waals surface area contributed by atoms with E-state index in [1.807, 2.05) is 24.1 Å². The molecule has 1 N–H and O–H groups in total. The maximum absolute atomic E-state index is 12.1. The van der Waals surface area contributed by atoms with Crippen LogP contribution in [0.1, 0.15) is 30.4 Å². The predicted octanol–water partition coefficient (Wildman–Crippen LogP) is 2.76. The van der Waals surface area contributed by atoms with E-state index in [-0.39, 0.29) is 18.3 Å². The number of carbonyl (C=O) groups is 1. The SMILES string of the molecule is Cc1ccccc1CN(C)C(=O)CCC1CCNC1.Cl. The molecule has 0 bridgehead atoms. The molecule has 20 heavy (non-hydrogen) atoms. The van der Waals surface area contributed by atoms with Crippen molar-refractivity contribution in [3.05, 3.63) is 35.4 Å². The molecule has 1 aromatic rings. The fraction of sp³-hybridized carbons (Fsp3) is 0.562. The van der Waals surface area contributed by atoms with Crippen molar-refractivity contribution >= 4 is 18.3 Å². The quantitative estimate of drug-likeness (QED) is 0.906. The lowest BCUT2D eigenvalue weighted by Crippen LogP contribution is -2.27. The van der Waals surface area contributed by atoms with E-state index in [0.29, 0.717) is 18.9 Å². The highest BCUT2D eigenvalue weighted by Gasteiger charge is 2.17. The zero-order valence-corrected chi connectivity index (χ0v) is 13.2. The van der Waals surface area contributed by atoms with Crippen molar-refractivity contribution in [2.45, 2.75) is 32.7 Å². The van der Waals surface area contributed by atoms with Gasteiger partial charge >= 0.3 is 0 Å². The van der Waals surface area contributed by atoms with Crippen molar-refractivity contribution in [1.82, 2.24) is 10.2 Å². The van der Waals surface area contributed by atoms with Crippen LogP contribution in [0.2, 0.25) is 0 Å². The second kappa shape index (κ2) is 8.28. The third kappa shape index (κ3) is 4.80. The Bertz CT molecular complexity index is 430. The van der Waals surface area contributed by atoms with Crippen LogP contribution < -0.4 is 5.32 Å². The van der Waals surface area contributed by atoms with Crippen molar-refractivity contribution < 1.29 is 4.79 Å². The lowest BCUT2D eigenvalue weighted by Gasteiger charge is -2.19. The molecule has 1 amide bonds. The van der Waals surface area contributed by atoms with Crippen LogP contribution >= 0.6 is 12.4 Å². The molecule has 1 heterocycles. The number of hydrogen-bond acceptors (Lipinski definition) is 2. The van der Waals surface area contributed by atoms with Gasteiger partial charge in [0.15, 0.2) is 0 Å². The summed E-state index contributed by atoms with van der Waals surface area (Å²) in [5.74, 6) is 0.950. The van der Waals surface area contributed by atoms with E-state index >= 15 is 0 Å². The Morgan fingerprint density at radius 3 is 2.80 bits per heavy atom. The van der Waals surface area contributed by atoms with Crippen LogP contribution in [-0.2, 0) is 11.3 Å². The van der Waals surface area contributed by atoms with Gasteiger partial charge in [-0.05, 0) is 49.9 Å². The second-order valence-electron chi connectivity index (χ2n) is 5.57. The monoisotopic (exact) mass is 296 g/mol. The molecule has 0 radical (unpaired) electrons. The number of carbonyl (C=O) groups excluding carboxylic acids is 1. The highest BCUT2D eigenvalue weighted by molar-refractivity contribution is 5.85. The molecule has 0 aromatic heterocycles. The van der Waals surface area contributed by atoms with Crippen LogP contribution in [0, 0.1) is 12.8 Å². The average molecular weight is 297 g/mol. The topological polar surface area (TPSA) is 32.3 Å². The maximum atomic E-state index is 12.1. The van der Waals surface area contributed by atoms with Gasteiger partial charge in [-0.15, -0.1) is 12.4 Å². The van der Waals surface area contributed by atoms with Gasteiger partial charge in [-0.2, -0.15) is 0 Å². The van der Waals surface area contributed by atoms with Crippen molar-refractivity contribution in [2.24, 2.45) is 5.92 Å². The highest BCUT2D eigenvalue weighted by atomic mass is 35.5. The van der Waals surface area contributed by atoms with E-state index in [2.05, 4.69) is 24.4 Å². The van der Waals surface area contributed by atoms with Gasteiger partial charge in [0.2, 0.25) is 5.91 Å². The van der Waals surface area contributed by atoms with Gasteiger partial charge in [0, 0.05) is 20.0 Å². The molecule has 4 heteroatoms. The average Bonchev–Trinajstić information content (AvgIpc) is 2.91. The first kappa shape index (κ1) is 17.0. The molecule has 0 aliphatic carbocycles. The number of aryl methyl sites for hydroxylation is 1. The van der Waals surface area contributed by atoms with Crippen LogP contribution in [0.4, 0.5) is 0 Å². The summed E-state index contributed by atoms with van der Waals surface area (Å²) < 4.78 is 0. The Hall–Kier alpha value is -1.06. The molecule has 1 saturated heterocycles. The molecule has 0 saturated carbocycles. The summed E-state index contributed by atoms with van der Waals surface area (Å²) in [6.07, 6.45) is 2.91. The van der Waals surface area contributed by atoms with Crippen LogP contribution in [-0.4, -0.2) is 30.9 Å². The molecule has 1 aromatic carbocycles. The van der Waals surface area contributed by atoms with Crippen molar-refractivity contribution in [1.29, 1.82) is 0 Å². The van der Waals surface area contributed by atoms with Crippen molar-refractivity contribution in [3.63, 3.8) is 0 Å². The number of nitrogens with one attached hydrogen (secondary N) is 1. The molecule has 1 atom stereocenters. The number of nitrogens with zero attached hydrogens (tertiary/aromatic N) is 1. The third-order valence-corrected chi connectivity index (χ3v) is 4.02. The Kier molecular flexibility index (Phi) is 7.03. The van der Waals surface area contributed by atoms with Crippen LogP contribution in [0.3, 0.4) is 0 Å². The molecule has 1 aliphatic heterocycles. The summed E-state index contributed by atoms with van der Waals surface area (Å²) >= 11 is 0. The summed E-state index contributed by atoms with van der Waals surface area (Å²) in [6.45, 7) is 5.00. The van der Waals surface area contributed by atoms with E-state index in [9.17, 15) is 4.79 Å². The van der Waals surface area contributed by atoms with Crippen LogP contribution in [0.15, 0.2) is 24.3 Å². The zero-order chi connectivity index (χ0) is 13.7. The van der Waals surface area contributed by atoms with E-state index < -0.39 is 0 Å². The first-order valence-corrected chi connectivity index (χ1v) is 7.16. The van der Waals surface area contributed by atoms with E-state index in [0.717, 1.165) is 19.5 Å². The van der Waals surface area contributed by atoms with Gasteiger partial charge in [0.1, 0.15) is 0 Å². The van der Waals surface area contributed by atoms with E-state index in [1.165, 1.54) is 17.5 Å². The van der Waals surface area contributed by atoms with Crippen molar-refractivity contribution in [3.8, 4) is 0 Å². The number of amides is 1. The Labute approximate surface area is 128 Å². The van der Waals surface area contributed by atoms with E-state index in [1.54, 1.807) is 0 Å². The summed E-state index contributed by atoms with van der Waals surface area (Å²) in [5, 5.41) is 3.35. The number of rotatable bonds is 5. The zero-order valence-electron chi connectivity index (χ0n) is 12.4. The Balaban J connectivity index is 0.00000200. The molecule has 1 fully saturated rings. The summed E-state index contributed by atoms with van der Waals surface area (Å²) in [7, 11) is 1.90. The first-order valence-electron chi connectivity index (χ1n) is 7.16. The van der Waals surface area contributed by atoms with E-state index in [4.69, 9.17) is 0 Å². The Morgan fingerprint density at radius 1 is 1.40 bits per heavy atom. The molecular weight excluding hydrogens is 272 g/mol. The molecule has 3 nitrogen and oxygen atoms in total. The molecule has 1 aliphatic rings. The molecule has 0 spiro atoms. The minimum Gasteiger partial charge on any atom is -0.341 e. The minimum absolute atomic E-state index is 0. The summed E-state index contributed by atoms with van der Waals surface area (Å²) in [5.41, 5.74) is 2.49. The first-order chi connectivity index (χ1) is 9.16. The summed E-state index contributed by atoms with van der Waals surface area (Å²) in [6, 6.07) is 8.26. The molecule has 2 rings (SSSR count). The smallest absolute Gasteiger partial charge is 0.222 e. The molecule has 1 unspecified atom stereocenters. The predicted molar refractivity (Wildman–Crippen MR) is 85.1 cm³/mol. The second-order valence-corrected chi connectivity index (χ2v) is 5.57. The standard InChI is InChI=1S/C16H24N2O.ClH/c1-13-5-3-4-6-15(13)12-18(2)16(19)8-7-14-9-10-17-11-14;/h3-6,14,17H,7-12H2,1-2H3;1H. The van der Waals surface area contributed by atoms with Gasteiger partial charge in [-0.25, -0.2) is 0 Å². The van der Waals surface area contributed by atoms with Crippen LogP contribution in [0.5, 0.6) is 0 Å². The largest absolute Gasteiger partial charge is 0.341 e.